The number of nitrogens with zero attached hydrogens (tertiary/aromatic N) is 3. The van der Waals surface area contributed by atoms with E-state index in [-0.39, 0.29) is 16.8 Å². The van der Waals surface area contributed by atoms with Gasteiger partial charge in [0.1, 0.15) is 5.52 Å². The van der Waals surface area contributed by atoms with Crippen molar-refractivity contribution in [3.05, 3.63) is 52.0 Å². The molecule has 0 aliphatic heterocycles. The van der Waals surface area contributed by atoms with Crippen molar-refractivity contribution in [3.63, 3.8) is 0 Å². The maximum absolute atomic E-state index is 16.0. The number of carbonyl (C=O) groups excluding carboxylic acids is 1. The number of aromatic nitrogens is 2. The van der Waals surface area contributed by atoms with Gasteiger partial charge in [0.25, 0.3) is 5.91 Å². The maximum Gasteiger partial charge on any atom is 0.277 e. The zero-order chi connectivity index (χ0) is 27.8. The average molecular weight is 603 g/mol. The molecular weight excluding hydrogens is 561 g/mol. The van der Waals surface area contributed by atoms with E-state index in [4.69, 9.17) is 4.84 Å². The van der Waals surface area contributed by atoms with Gasteiger partial charge in [-0.1, -0.05) is 36.2 Å². The zero-order valence-electron chi connectivity index (χ0n) is 23.4. The van der Waals surface area contributed by atoms with Gasteiger partial charge in [-0.25, -0.2) is 14.9 Å². The molecule has 0 spiro atoms. The molecule has 0 saturated heterocycles. The van der Waals surface area contributed by atoms with Gasteiger partial charge in [0.2, 0.25) is 0 Å². The Morgan fingerprint density at radius 1 is 1.15 bits per heavy atom. The number of rotatable bonds is 16. The van der Waals surface area contributed by atoms with Crippen LogP contribution in [0.4, 0.5) is 15.8 Å². The van der Waals surface area contributed by atoms with Crippen molar-refractivity contribution in [2.45, 2.75) is 72.3 Å². The summed E-state index contributed by atoms with van der Waals surface area (Å²) in [6.45, 7) is 11.0. The van der Waals surface area contributed by atoms with Crippen LogP contribution in [0, 0.1) is 18.7 Å². The summed E-state index contributed by atoms with van der Waals surface area (Å²) in [4.78, 5) is 25.6. The number of hydrogen-bond donors (Lipinski definition) is 2. The van der Waals surface area contributed by atoms with Crippen LogP contribution in [-0.4, -0.2) is 46.6 Å². The van der Waals surface area contributed by atoms with Crippen LogP contribution in [0.1, 0.15) is 74.7 Å². The van der Waals surface area contributed by atoms with E-state index in [2.05, 4.69) is 50.5 Å². The summed E-state index contributed by atoms with van der Waals surface area (Å²) in [6.07, 6.45) is 9.42. The molecule has 0 unspecified atom stereocenters. The highest BCUT2D eigenvalue weighted by Gasteiger charge is 2.25. The first-order chi connectivity index (χ1) is 18.9. The van der Waals surface area contributed by atoms with E-state index in [1.165, 1.54) is 12.8 Å². The minimum Gasteiger partial charge on any atom is -0.352 e. The lowest BCUT2D eigenvalue weighted by molar-refractivity contribution is 0.0271. The van der Waals surface area contributed by atoms with Crippen LogP contribution < -0.4 is 10.8 Å². The Balaban J connectivity index is 1.52. The fourth-order valence-corrected chi connectivity index (χ4v) is 5.34. The van der Waals surface area contributed by atoms with E-state index in [0.29, 0.717) is 23.7 Å². The molecule has 212 valence electrons. The number of benzene rings is 2. The summed E-state index contributed by atoms with van der Waals surface area (Å²) < 4.78 is 18.8. The molecule has 2 N–H and O–H groups in total. The largest absolute Gasteiger partial charge is 0.352 e. The van der Waals surface area contributed by atoms with Gasteiger partial charge in [-0.3, -0.25) is 9.63 Å². The average Bonchev–Trinajstić information content (AvgIpc) is 3.64. The Labute approximate surface area is 239 Å². The smallest absolute Gasteiger partial charge is 0.277 e. The molecule has 2 aromatic carbocycles. The minimum atomic E-state index is -0.546. The Bertz CT molecular complexity index is 1250. The number of hydrogen-bond acceptors (Lipinski definition) is 5. The van der Waals surface area contributed by atoms with Crippen LogP contribution in [-0.2, 0) is 11.4 Å². The SMILES string of the molecule is CCCN(CCC)CCCCCn1cnc2c(F)c(Nc3ccc(Br)cc3C)c(C(=O)NOCC3CC3)cc21. The van der Waals surface area contributed by atoms with Crippen molar-refractivity contribution < 1.29 is 14.0 Å². The van der Waals surface area contributed by atoms with E-state index in [1.807, 2.05) is 29.7 Å². The first kappa shape index (κ1) is 29.5. The maximum atomic E-state index is 16.0. The van der Waals surface area contributed by atoms with Crippen LogP contribution in [0.3, 0.4) is 0 Å². The van der Waals surface area contributed by atoms with E-state index in [0.717, 1.165) is 68.3 Å². The second kappa shape index (κ2) is 14.2. The zero-order valence-corrected chi connectivity index (χ0v) is 24.9. The van der Waals surface area contributed by atoms with Crippen LogP contribution in [0.2, 0.25) is 0 Å². The van der Waals surface area contributed by atoms with E-state index < -0.39 is 11.7 Å². The first-order valence-corrected chi connectivity index (χ1v) is 15.1. The molecule has 1 amide bonds. The third-order valence-corrected chi connectivity index (χ3v) is 7.68. The highest BCUT2D eigenvalue weighted by atomic mass is 79.9. The van der Waals surface area contributed by atoms with E-state index in [9.17, 15) is 4.79 Å². The lowest BCUT2D eigenvalue weighted by atomic mass is 10.1. The summed E-state index contributed by atoms with van der Waals surface area (Å²) in [5.41, 5.74) is 5.30. The number of fused-ring (bicyclic) bond motifs is 1. The molecule has 7 nitrogen and oxygen atoms in total. The first-order valence-electron chi connectivity index (χ1n) is 14.3. The quantitative estimate of drug-likeness (QED) is 0.133. The third-order valence-electron chi connectivity index (χ3n) is 7.18. The van der Waals surface area contributed by atoms with Crippen molar-refractivity contribution in [3.8, 4) is 0 Å². The summed E-state index contributed by atoms with van der Waals surface area (Å²) in [6, 6.07) is 7.40. The van der Waals surface area contributed by atoms with Gasteiger partial charge < -0.3 is 14.8 Å². The van der Waals surface area contributed by atoms with Gasteiger partial charge >= 0.3 is 0 Å². The monoisotopic (exact) mass is 601 g/mol. The normalized spacial score (nSPS) is 13.4. The third kappa shape index (κ3) is 8.02. The molecule has 1 heterocycles. The minimum absolute atomic E-state index is 0.0950. The Hall–Kier alpha value is -2.49. The Kier molecular flexibility index (Phi) is 10.8. The van der Waals surface area contributed by atoms with Crippen molar-refractivity contribution in [1.29, 1.82) is 0 Å². The van der Waals surface area contributed by atoms with Crippen LogP contribution in [0.25, 0.3) is 11.0 Å². The van der Waals surface area contributed by atoms with Gasteiger partial charge in [0, 0.05) is 16.7 Å². The van der Waals surface area contributed by atoms with Crippen molar-refractivity contribution in [1.82, 2.24) is 19.9 Å². The molecule has 0 atom stereocenters. The van der Waals surface area contributed by atoms with Crippen LogP contribution in [0.15, 0.2) is 35.1 Å². The van der Waals surface area contributed by atoms with Gasteiger partial charge in [0.15, 0.2) is 5.82 Å². The predicted molar refractivity (Wildman–Crippen MR) is 159 cm³/mol. The molecule has 1 aromatic heterocycles. The summed E-state index contributed by atoms with van der Waals surface area (Å²) >= 11 is 3.47. The number of hydroxylamine groups is 1. The topological polar surface area (TPSA) is 71.4 Å². The molecule has 9 heteroatoms. The lowest BCUT2D eigenvalue weighted by Gasteiger charge is -2.20. The van der Waals surface area contributed by atoms with E-state index >= 15 is 4.39 Å². The van der Waals surface area contributed by atoms with Gasteiger partial charge in [-0.2, -0.15) is 0 Å². The number of imidazole rings is 1. The van der Waals surface area contributed by atoms with Gasteiger partial charge in [-0.05, 0) is 101 Å². The molecular formula is C30H41BrFN5O2. The van der Waals surface area contributed by atoms with E-state index in [1.54, 1.807) is 12.4 Å². The van der Waals surface area contributed by atoms with Gasteiger partial charge in [0.05, 0.1) is 29.7 Å². The number of aryl methyl sites for hydroxylation is 2. The standard InChI is InChI=1S/C30H41BrFN5O2/c1-4-13-36(14-5-2)15-7-6-8-16-37-20-33-29-26(37)18-24(30(38)35-39-19-22-9-10-22)28(27(29)32)34-25-12-11-23(31)17-21(25)3/h11-12,17-18,20,22,34H,4-10,13-16,19H2,1-3H3,(H,35,38). The summed E-state index contributed by atoms with van der Waals surface area (Å²) in [5, 5.41) is 3.16. The Morgan fingerprint density at radius 2 is 1.92 bits per heavy atom. The molecule has 1 saturated carbocycles. The molecule has 1 aliphatic rings. The Morgan fingerprint density at radius 3 is 2.62 bits per heavy atom. The molecule has 1 aliphatic carbocycles. The second-order valence-electron chi connectivity index (χ2n) is 10.6. The number of halogens is 2. The molecule has 1 fully saturated rings. The van der Waals surface area contributed by atoms with Gasteiger partial charge in [-0.15, -0.1) is 0 Å². The number of unbranched alkanes of at least 4 members (excludes halogenated alkanes) is 2. The number of amides is 1. The van der Waals surface area contributed by atoms with Crippen molar-refractivity contribution in [2.75, 3.05) is 31.6 Å². The molecule has 39 heavy (non-hydrogen) atoms. The highest BCUT2D eigenvalue weighted by molar-refractivity contribution is 9.10. The van der Waals surface area contributed by atoms with Crippen LogP contribution >= 0.6 is 15.9 Å². The summed E-state index contributed by atoms with van der Waals surface area (Å²) in [7, 11) is 0. The predicted octanol–water partition coefficient (Wildman–Crippen LogP) is 7.35. The number of carbonyl (C=O) groups is 1. The summed E-state index contributed by atoms with van der Waals surface area (Å²) in [5.74, 6) is -0.533. The fraction of sp³-hybridized carbons (Fsp3) is 0.533. The molecule has 0 bridgehead atoms. The molecule has 0 radical (unpaired) electrons. The number of nitrogens with one attached hydrogen (secondary N) is 2. The molecule has 3 aromatic rings. The van der Waals surface area contributed by atoms with Crippen molar-refractivity contribution >= 4 is 44.2 Å². The number of anilines is 2. The highest BCUT2D eigenvalue weighted by Crippen LogP contribution is 2.33. The molecule has 4 rings (SSSR count). The van der Waals surface area contributed by atoms with Crippen LogP contribution in [0.5, 0.6) is 0 Å². The second-order valence-corrected chi connectivity index (χ2v) is 11.5. The fourth-order valence-electron chi connectivity index (χ4n) is 4.87. The lowest BCUT2D eigenvalue weighted by Crippen LogP contribution is -2.26. The van der Waals surface area contributed by atoms with Crippen molar-refractivity contribution in [2.24, 2.45) is 5.92 Å².